The number of hydrogen-bond donors (Lipinski definition) is 1. The lowest BCUT2D eigenvalue weighted by molar-refractivity contribution is -0.0248. The van der Waals surface area contributed by atoms with Crippen LogP contribution in [-0.2, 0) is 4.74 Å². The van der Waals surface area contributed by atoms with Crippen LogP contribution in [0.15, 0.2) is 16.7 Å². The number of rotatable bonds is 5. The normalized spacial score (nSPS) is 16.7. The zero-order valence-corrected chi connectivity index (χ0v) is 19.1. The van der Waals surface area contributed by atoms with Crippen LogP contribution in [0, 0.1) is 20.8 Å². The average molecular weight is 443 g/mol. The second-order valence-electron chi connectivity index (χ2n) is 7.94. The number of aromatic nitrogens is 4. The number of carbonyl (C=O) groups excluding carboxylic acids is 1. The van der Waals surface area contributed by atoms with E-state index in [1.165, 1.54) is 11.3 Å². The molecule has 0 bridgehead atoms. The van der Waals surface area contributed by atoms with Gasteiger partial charge in [-0.05, 0) is 38.8 Å². The highest BCUT2D eigenvalue weighted by Crippen LogP contribution is 2.29. The van der Waals surface area contributed by atoms with Crippen molar-refractivity contribution in [1.29, 1.82) is 0 Å². The maximum Gasteiger partial charge on any atom is 0.259 e. The molecular weight excluding hydrogens is 416 g/mol. The van der Waals surface area contributed by atoms with Gasteiger partial charge in [-0.15, -0.1) is 10.2 Å². The van der Waals surface area contributed by atoms with Crippen LogP contribution in [0.25, 0.3) is 0 Å². The summed E-state index contributed by atoms with van der Waals surface area (Å²) in [5, 5.41) is 17.1. The highest BCUT2D eigenvalue weighted by atomic mass is 32.1. The Morgan fingerprint density at radius 2 is 2.06 bits per heavy atom. The molecule has 1 amide bonds. The summed E-state index contributed by atoms with van der Waals surface area (Å²) >= 11 is 1.48. The van der Waals surface area contributed by atoms with E-state index >= 15 is 0 Å². The second kappa shape index (κ2) is 8.72. The number of morpholine rings is 1. The predicted octanol–water partition coefficient (Wildman–Crippen LogP) is 3.93. The number of carbonyl (C=O) groups is 1. The van der Waals surface area contributed by atoms with E-state index in [1.54, 1.807) is 11.8 Å². The van der Waals surface area contributed by atoms with Crippen LogP contribution in [0.2, 0.25) is 0 Å². The van der Waals surface area contributed by atoms with Gasteiger partial charge in [0.05, 0.1) is 24.5 Å². The van der Waals surface area contributed by atoms with E-state index in [2.05, 4.69) is 25.7 Å². The molecule has 1 atom stereocenters. The fraction of sp³-hybridized carbons (Fsp3) is 0.476. The van der Waals surface area contributed by atoms with Gasteiger partial charge in [0.15, 0.2) is 0 Å². The van der Waals surface area contributed by atoms with Crippen molar-refractivity contribution in [2.45, 2.75) is 46.6 Å². The van der Waals surface area contributed by atoms with Gasteiger partial charge in [0, 0.05) is 17.9 Å². The van der Waals surface area contributed by atoms with E-state index in [-0.39, 0.29) is 17.9 Å². The third-order valence-corrected chi connectivity index (χ3v) is 5.84. The highest BCUT2D eigenvalue weighted by molar-refractivity contribution is 7.15. The Morgan fingerprint density at radius 3 is 2.77 bits per heavy atom. The van der Waals surface area contributed by atoms with E-state index in [0.29, 0.717) is 36.7 Å². The number of aryl methyl sites for hydroxylation is 3. The molecule has 0 radical (unpaired) electrons. The van der Waals surface area contributed by atoms with Crippen LogP contribution >= 0.6 is 11.3 Å². The first-order chi connectivity index (χ1) is 14.8. The minimum atomic E-state index is -0.322. The predicted molar refractivity (Wildman–Crippen MR) is 117 cm³/mol. The van der Waals surface area contributed by atoms with Crippen molar-refractivity contribution < 1.29 is 14.1 Å². The number of pyridine rings is 1. The van der Waals surface area contributed by atoms with Crippen LogP contribution in [-0.4, -0.2) is 50.8 Å². The molecule has 10 heteroatoms. The maximum absolute atomic E-state index is 13.3. The van der Waals surface area contributed by atoms with Crippen molar-refractivity contribution in [3.8, 4) is 0 Å². The fourth-order valence-corrected chi connectivity index (χ4v) is 4.23. The van der Waals surface area contributed by atoms with Crippen molar-refractivity contribution in [3.63, 3.8) is 0 Å². The standard InChI is InChI=1S/C21H26N6O3S/c1-11(2)19-18(13(4)30-26-19)20(28)27-6-7-29-17(10-27)16-9-15(8-12(3)22-16)23-21-25-24-14(5)31-21/h8-9,11,17H,6-7,10H2,1-5H3,(H,22,23,25)/t17-/m0/s1. The molecule has 31 heavy (non-hydrogen) atoms. The lowest BCUT2D eigenvalue weighted by Crippen LogP contribution is -2.43. The zero-order valence-electron chi connectivity index (χ0n) is 18.3. The van der Waals surface area contributed by atoms with E-state index in [1.807, 2.05) is 39.8 Å². The summed E-state index contributed by atoms with van der Waals surface area (Å²) < 4.78 is 11.3. The Balaban J connectivity index is 1.55. The molecule has 4 rings (SSSR count). The SMILES string of the molecule is Cc1cc(Nc2nnc(C)s2)cc([C@@H]2CN(C(=O)c3c(C(C)C)noc3C)CCO2)n1. The number of hydrogen-bond acceptors (Lipinski definition) is 9. The minimum Gasteiger partial charge on any atom is -0.368 e. The van der Waals surface area contributed by atoms with Gasteiger partial charge >= 0.3 is 0 Å². The molecule has 0 saturated carbocycles. The number of amides is 1. The quantitative estimate of drug-likeness (QED) is 0.633. The molecule has 0 spiro atoms. The summed E-state index contributed by atoms with van der Waals surface area (Å²) in [5.74, 6) is 0.569. The van der Waals surface area contributed by atoms with E-state index in [4.69, 9.17) is 9.26 Å². The van der Waals surface area contributed by atoms with Gasteiger partial charge in [0.25, 0.3) is 5.91 Å². The van der Waals surface area contributed by atoms with E-state index in [0.717, 1.165) is 27.2 Å². The lowest BCUT2D eigenvalue weighted by Gasteiger charge is -2.33. The first kappa shape index (κ1) is 21.4. The Morgan fingerprint density at radius 1 is 1.26 bits per heavy atom. The topological polar surface area (TPSA) is 106 Å². The van der Waals surface area contributed by atoms with E-state index < -0.39 is 0 Å². The van der Waals surface area contributed by atoms with Gasteiger partial charge < -0.3 is 19.5 Å². The van der Waals surface area contributed by atoms with Crippen molar-refractivity contribution in [1.82, 2.24) is 25.2 Å². The van der Waals surface area contributed by atoms with Crippen molar-refractivity contribution in [3.05, 3.63) is 45.5 Å². The van der Waals surface area contributed by atoms with E-state index in [9.17, 15) is 4.79 Å². The minimum absolute atomic E-state index is 0.0777. The number of nitrogens with one attached hydrogen (secondary N) is 1. The largest absolute Gasteiger partial charge is 0.368 e. The maximum atomic E-state index is 13.3. The first-order valence-corrected chi connectivity index (χ1v) is 11.1. The van der Waals surface area contributed by atoms with Crippen LogP contribution in [0.4, 0.5) is 10.8 Å². The Kier molecular flexibility index (Phi) is 6.01. The zero-order chi connectivity index (χ0) is 22.1. The molecule has 0 aromatic carbocycles. The molecule has 1 N–H and O–H groups in total. The molecular formula is C21H26N6O3S. The second-order valence-corrected chi connectivity index (χ2v) is 9.12. The first-order valence-electron chi connectivity index (χ1n) is 10.2. The lowest BCUT2D eigenvalue weighted by atomic mass is 10.0. The van der Waals surface area contributed by atoms with Gasteiger partial charge in [-0.2, -0.15) is 0 Å². The molecule has 3 aromatic heterocycles. The summed E-state index contributed by atoms with van der Waals surface area (Å²) in [5.41, 5.74) is 3.74. The number of ether oxygens (including phenoxy) is 1. The van der Waals surface area contributed by atoms with Crippen molar-refractivity contribution >= 4 is 28.1 Å². The molecule has 4 heterocycles. The molecule has 3 aromatic rings. The molecule has 1 fully saturated rings. The van der Waals surface area contributed by atoms with Crippen molar-refractivity contribution in [2.24, 2.45) is 0 Å². The highest BCUT2D eigenvalue weighted by Gasteiger charge is 2.31. The smallest absolute Gasteiger partial charge is 0.259 e. The average Bonchev–Trinajstić information content (AvgIpc) is 3.32. The van der Waals surface area contributed by atoms with Gasteiger partial charge in [-0.25, -0.2) is 0 Å². The van der Waals surface area contributed by atoms with Crippen molar-refractivity contribution in [2.75, 3.05) is 25.0 Å². The summed E-state index contributed by atoms with van der Waals surface area (Å²) in [4.78, 5) is 19.7. The van der Waals surface area contributed by atoms with Crippen LogP contribution in [0.3, 0.4) is 0 Å². The van der Waals surface area contributed by atoms with Gasteiger partial charge in [0.1, 0.15) is 22.4 Å². The summed E-state index contributed by atoms with van der Waals surface area (Å²) in [6, 6.07) is 3.88. The van der Waals surface area contributed by atoms with Gasteiger partial charge in [-0.1, -0.05) is 30.3 Å². The number of anilines is 2. The molecule has 1 aliphatic rings. The third kappa shape index (κ3) is 4.59. The van der Waals surface area contributed by atoms with Crippen LogP contribution < -0.4 is 5.32 Å². The molecule has 9 nitrogen and oxygen atoms in total. The molecule has 0 aliphatic carbocycles. The van der Waals surface area contributed by atoms with Crippen LogP contribution in [0.1, 0.15) is 64.1 Å². The summed E-state index contributed by atoms with van der Waals surface area (Å²) in [7, 11) is 0. The summed E-state index contributed by atoms with van der Waals surface area (Å²) in [6.45, 7) is 11.0. The Labute approximate surface area is 184 Å². The molecule has 0 unspecified atom stereocenters. The molecule has 164 valence electrons. The monoisotopic (exact) mass is 442 g/mol. The van der Waals surface area contributed by atoms with Gasteiger partial charge in [0.2, 0.25) is 5.13 Å². The Bertz CT molecular complexity index is 1090. The molecule has 1 aliphatic heterocycles. The fourth-order valence-electron chi connectivity index (χ4n) is 3.62. The third-order valence-electron chi connectivity index (χ3n) is 5.08. The number of nitrogens with zero attached hydrogens (tertiary/aromatic N) is 5. The van der Waals surface area contributed by atoms with Gasteiger partial charge in [-0.3, -0.25) is 9.78 Å². The Hall–Kier alpha value is -2.85. The van der Waals surface area contributed by atoms with Crippen LogP contribution in [0.5, 0.6) is 0 Å². The molecule has 1 saturated heterocycles. The summed E-state index contributed by atoms with van der Waals surface area (Å²) in [6.07, 6.45) is -0.322.